The summed E-state index contributed by atoms with van der Waals surface area (Å²) < 4.78 is 0. The second-order valence-corrected chi connectivity index (χ2v) is 6.97. The van der Waals surface area contributed by atoms with Gasteiger partial charge in [-0.15, -0.1) is 0 Å². The Morgan fingerprint density at radius 1 is 1.10 bits per heavy atom. The molecule has 0 amide bonds. The summed E-state index contributed by atoms with van der Waals surface area (Å²) in [6.45, 7) is 5.07. The first-order valence-electron chi connectivity index (χ1n) is 8.89. The van der Waals surface area contributed by atoms with E-state index in [0.717, 1.165) is 37.4 Å². The molecule has 2 aliphatic rings. The van der Waals surface area contributed by atoms with Crippen molar-refractivity contribution in [3.63, 3.8) is 0 Å². The van der Waals surface area contributed by atoms with Crippen LogP contribution in [0.1, 0.15) is 51.9 Å². The van der Waals surface area contributed by atoms with E-state index >= 15 is 0 Å². The molecule has 2 saturated carbocycles. The van der Waals surface area contributed by atoms with E-state index in [1.54, 1.807) is 0 Å². The number of hydrogen-bond donors (Lipinski definition) is 2. The van der Waals surface area contributed by atoms with Crippen LogP contribution in [0, 0.1) is 11.8 Å². The van der Waals surface area contributed by atoms with Crippen molar-refractivity contribution in [1.82, 2.24) is 15.5 Å². The van der Waals surface area contributed by atoms with Gasteiger partial charge in [-0.1, -0.05) is 19.3 Å². The van der Waals surface area contributed by atoms with Crippen LogP contribution in [0.25, 0.3) is 0 Å². The number of aliphatic imine (C=N–C) groups is 1. The third-order valence-corrected chi connectivity index (χ3v) is 4.89. The van der Waals surface area contributed by atoms with Crippen LogP contribution in [-0.4, -0.2) is 50.6 Å². The number of likely N-dealkylation sites (N-methyl/N-ethyl adjacent to an activating group) is 1. The van der Waals surface area contributed by atoms with Crippen molar-refractivity contribution in [2.45, 2.75) is 57.9 Å². The molecular weight excluding hydrogens is 260 g/mol. The molecule has 0 saturated heterocycles. The standard InChI is InChI=1S/C17H34N4/c1-4-18-17(19-12-14-10-11-14)20-13-16(21(2)3)15-8-6-5-7-9-15/h14-16H,4-13H2,1-3H3,(H2,18,19,20). The summed E-state index contributed by atoms with van der Waals surface area (Å²) in [7, 11) is 4.42. The van der Waals surface area contributed by atoms with E-state index in [4.69, 9.17) is 4.99 Å². The summed E-state index contributed by atoms with van der Waals surface area (Å²) in [6, 6.07) is 0.585. The molecule has 1 unspecified atom stereocenters. The third-order valence-electron chi connectivity index (χ3n) is 4.89. The van der Waals surface area contributed by atoms with E-state index in [0.29, 0.717) is 6.04 Å². The molecule has 0 heterocycles. The zero-order valence-corrected chi connectivity index (χ0v) is 14.2. The highest BCUT2D eigenvalue weighted by Gasteiger charge is 2.25. The summed E-state index contributed by atoms with van der Waals surface area (Å²) in [5.41, 5.74) is 0. The van der Waals surface area contributed by atoms with E-state index in [1.165, 1.54) is 44.9 Å². The monoisotopic (exact) mass is 294 g/mol. The predicted molar refractivity (Wildman–Crippen MR) is 90.8 cm³/mol. The van der Waals surface area contributed by atoms with Crippen molar-refractivity contribution >= 4 is 5.96 Å². The normalized spacial score (nSPS) is 22.4. The van der Waals surface area contributed by atoms with Crippen molar-refractivity contribution in [3.8, 4) is 0 Å². The number of guanidine groups is 1. The number of nitrogens with one attached hydrogen (secondary N) is 2. The summed E-state index contributed by atoms with van der Waals surface area (Å²) >= 11 is 0. The first-order valence-corrected chi connectivity index (χ1v) is 8.89. The van der Waals surface area contributed by atoms with Gasteiger partial charge in [-0.3, -0.25) is 4.99 Å². The van der Waals surface area contributed by atoms with Crippen molar-refractivity contribution in [2.75, 3.05) is 33.7 Å². The van der Waals surface area contributed by atoms with Gasteiger partial charge in [-0.2, -0.15) is 0 Å². The second-order valence-electron chi connectivity index (χ2n) is 6.97. The molecule has 122 valence electrons. The van der Waals surface area contributed by atoms with Crippen molar-refractivity contribution < 1.29 is 0 Å². The Kier molecular flexibility index (Phi) is 6.81. The van der Waals surface area contributed by atoms with E-state index in [1.807, 2.05) is 0 Å². The third kappa shape index (κ3) is 5.85. The Balaban J connectivity index is 1.87. The molecular formula is C17H34N4. The highest BCUT2D eigenvalue weighted by molar-refractivity contribution is 5.79. The van der Waals surface area contributed by atoms with Crippen LogP contribution in [0.2, 0.25) is 0 Å². The topological polar surface area (TPSA) is 39.7 Å². The molecule has 0 aromatic carbocycles. The summed E-state index contributed by atoms with van der Waals surface area (Å²) in [5, 5.41) is 6.88. The predicted octanol–water partition coefficient (Wildman–Crippen LogP) is 2.46. The molecule has 0 radical (unpaired) electrons. The van der Waals surface area contributed by atoms with Gasteiger partial charge in [-0.05, 0) is 58.5 Å². The maximum Gasteiger partial charge on any atom is 0.191 e. The van der Waals surface area contributed by atoms with Crippen LogP contribution >= 0.6 is 0 Å². The van der Waals surface area contributed by atoms with Gasteiger partial charge in [0.05, 0.1) is 6.54 Å². The Morgan fingerprint density at radius 3 is 2.38 bits per heavy atom. The van der Waals surface area contributed by atoms with Crippen LogP contribution in [0.3, 0.4) is 0 Å². The molecule has 4 nitrogen and oxygen atoms in total. The van der Waals surface area contributed by atoms with Crippen LogP contribution in [0.4, 0.5) is 0 Å². The average Bonchev–Trinajstić information content (AvgIpc) is 3.30. The largest absolute Gasteiger partial charge is 0.357 e. The van der Waals surface area contributed by atoms with Crippen molar-refractivity contribution in [1.29, 1.82) is 0 Å². The molecule has 1 atom stereocenters. The van der Waals surface area contributed by atoms with Crippen LogP contribution < -0.4 is 10.6 Å². The lowest BCUT2D eigenvalue weighted by Crippen LogP contribution is -2.42. The molecule has 0 aromatic heterocycles. The van der Waals surface area contributed by atoms with Crippen LogP contribution in [-0.2, 0) is 0 Å². The smallest absolute Gasteiger partial charge is 0.191 e. The van der Waals surface area contributed by atoms with Gasteiger partial charge in [0, 0.05) is 19.1 Å². The minimum Gasteiger partial charge on any atom is -0.357 e. The zero-order chi connectivity index (χ0) is 15.1. The molecule has 4 heteroatoms. The number of nitrogens with zero attached hydrogens (tertiary/aromatic N) is 2. The van der Waals surface area contributed by atoms with E-state index < -0.39 is 0 Å². The lowest BCUT2D eigenvalue weighted by molar-refractivity contribution is 0.176. The SMILES string of the molecule is CCNC(=NCC(C1CCCCC1)N(C)C)NCC1CC1. The van der Waals surface area contributed by atoms with E-state index in [-0.39, 0.29) is 0 Å². The maximum absolute atomic E-state index is 4.86. The summed E-state index contributed by atoms with van der Waals surface area (Å²) in [5.74, 6) is 2.72. The Morgan fingerprint density at radius 2 is 1.81 bits per heavy atom. The molecule has 2 aliphatic carbocycles. The lowest BCUT2D eigenvalue weighted by atomic mass is 9.83. The molecule has 0 bridgehead atoms. The summed E-state index contributed by atoms with van der Waals surface area (Å²) in [4.78, 5) is 7.24. The Hall–Kier alpha value is -0.770. The Bertz CT molecular complexity index is 317. The fourth-order valence-electron chi connectivity index (χ4n) is 3.34. The van der Waals surface area contributed by atoms with Crippen LogP contribution in [0.15, 0.2) is 4.99 Å². The van der Waals surface area contributed by atoms with Gasteiger partial charge in [0.15, 0.2) is 5.96 Å². The number of hydrogen-bond acceptors (Lipinski definition) is 2. The minimum absolute atomic E-state index is 0.585. The van der Waals surface area contributed by atoms with Gasteiger partial charge < -0.3 is 15.5 Å². The van der Waals surface area contributed by atoms with Gasteiger partial charge in [0.2, 0.25) is 0 Å². The average molecular weight is 294 g/mol. The first-order chi connectivity index (χ1) is 10.2. The first kappa shape index (κ1) is 16.6. The highest BCUT2D eigenvalue weighted by atomic mass is 15.2. The van der Waals surface area contributed by atoms with Crippen molar-refractivity contribution in [3.05, 3.63) is 0 Å². The minimum atomic E-state index is 0.585. The van der Waals surface area contributed by atoms with Gasteiger partial charge in [-0.25, -0.2) is 0 Å². The highest BCUT2D eigenvalue weighted by Crippen LogP contribution is 2.29. The van der Waals surface area contributed by atoms with E-state index in [2.05, 4.69) is 36.6 Å². The quantitative estimate of drug-likeness (QED) is 0.560. The van der Waals surface area contributed by atoms with E-state index in [9.17, 15) is 0 Å². The van der Waals surface area contributed by atoms with Crippen molar-refractivity contribution in [2.24, 2.45) is 16.8 Å². The van der Waals surface area contributed by atoms with Crippen LogP contribution in [0.5, 0.6) is 0 Å². The second kappa shape index (κ2) is 8.62. The molecule has 2 N–H and O–H groups in total. The molecule has 0 aliphatic heterocycles. The maximum atomic E-state index is 4.86. The fourth-order valence-corrected chi connectivity index (χ4v) is 3.34. The van der Waals surface area contributed by atoms with Gasteiger partial charge in [0.1, 0.15) is 0 Å². The van der Waals surface area contributed by atoms with Gasteiger partial charge in [0.25, 0.3) is 0 Å². The number of rotatable bonds is 7. The Labute approximate surface area is 130 Å². The molecule has 0 spiro atoms. The molecule has 21 heavy (non-hydrogen) atoms. The lowest BCUT2D eigenvalue weighted by Gasteiger charge is -2.34. The zero-order valence-electron chi connectivity index (χ0n) is 14.2. The molecule has 2 fully saturated rings. The van der Waals surface area contributed by atoms with Gasteiger partial charge >= 0.3 is 0 Å². The fraction of sp³-hybridized carbons (Fsp3) is 0.941. The summed E-state index contributed by atoms with van der Waals surface area (Å²) in [6.07, 6.45) is 9.75. The molecule has 0 aromatic rings. The molecule has 2 rings (SSSR count).